The lowest BCUT2D eigenvalue weighted by Crippen LogP contribution is -2.23. The molecule has 0 radical (unpaired) electrons. The van der Waals surface area contributed by atoms with Crippen LogP contribution in [0, 0.1) is 12.8 Å². The number of anilines is 1. The molecule has 6 heteroatoms. The molecule has 1 aliphatic heterocycles. The second-order valence-electron chi connectivity index (χ2n) is 7.00. The summed E-state index contributed by atoms with van der Waals surface area (Å²) in [5.74, 6) is 1.61. The quantitative estimate of drug-likeness (QED) is 0.716. The molecule has 134 valence electrons. The van der Waals surface area contributed by atoms with Crippen LogP contribution in [0.2, 0.25) is 0 Å². The lowest BCUT2D eigenvalue weighted by atomic mass is 10.1. The molecule has 1 saturated heterocycles. The van der Waals surface area contributed by atoms with Gasteiger partial charge in [0.15, 0.2) is 0 Å². The van der Waals surface area contributed by atoms with Gasteiger partial charge in [0.2, 0.25) is 0 Å². The zero-order valence-corrected chi connectivity index (χ0v) is 15.0. The summed E-state index contributed by atoms with van der Waals surface area (Å²) in [7, 11) is 0. The molecule has 4 rings (SSSR count). The third-order valence-corrected chi connectivity index (χ3v) is 4.92. The van der Waals surface area contributed by atoms with Crippen molar-refractivity contribution < 1.29 is 0 Å². The summed E-state index contributed by atoms with van der Waals surface area (Å²) in [6.45, 7) is 6.18. The van der Waals surface area contributed by atoms with E-state index in [1.165, 1.54) is 17.5 Å². The van der Waals surface area contributed by atoms with E-state index in [1.807, 2.05) is 30.7 Å². The molecule has 0 aliphatic carbocycles. The molecule has 2 N–H and O–H groups in total. The van der Waals surface area contributed by atoms with Crippen LogP contribution in [0.1, 0.15) is 17.5 Å². The molecule has 26 heavy (non-hydrogen) atoms. The number of rotatable bonds is 6. The lowest BCUT2D eigenvalue weighted by molar-refractivity contribution is 0.319. The zero-order chi connectivity index (χ0) is 17.8. The first kappa shape index (κ1) is 16.7. The predicted molar refractivity (Wildman–Crippen MR) is 103 cm³/mol. The maximum atomic E-state index is 4.38. The van der Waals surface area contributed by atoms with Crippen molar-refractivity contribution in [3.05, 3.63) is 60.2 Å². The van der Waals surface area contributed by atoms with E-state index in [0.717, 1.165) is 43.3 Å². The van der Waals surface area contributed by atoms with Crippen LogP contribution in [-0.4, -0.2) is 44.7 Å². The van der Waals surface area contributed by atoms with E-state index in [4.69, 9.17) is 0 Å². The smallest absolute Gasteiger partial charge is 0.126 e. The van der Waals surface area contributed by atoms with Crippen molar-refractivity contribution >= 4 is 5.82 Å². The summed E-state index contributed by atoms with van der Waals surface area (Å²) in [5, 5.41) is 10.8. The van der Waals surface area contributed by atoms with E-state index in [2.05, 4.69) is 49.4 Å². The summed E-state index contributed by atoms with van der Waals surface area (Å²) < 4.78 is 0. The van der Waals surface area contributed by atoms with Crippen molar-refractivity contribution in [1.29, 1.82) is 0 Å². The summed E-state index contributed by atoms with van der Waals surface area (Å²) in [5.41, 5.74) is 4.62. The topological polar surface area (TPSA) is 69.7 Å². The summed E-state index contributed by atoms with van der Waals surface area (Å²) in [6, 6.07) is 8.14. The highest BCUT2D eigenvalue weighted by atomic mass is 15.2. The lowest BCUT2D eigenvalue weighted by Gasteiger charge is -2.16. The zero-order valence-electron chi connectivity index (χ0n) is 15.0. The molecule has 4 heterocycles. The fourth-order valence-electron chi connectivity index (χ4n) is 3.54. The van der Waals surface area contributed by atoms with Crippen LogP contribution in [0.5, 0.6) is 0 Å². The van der Waals surface area contributed by atoms with Crippen molar-refractivity contribution in [2.24, 2.45) is 5.92 Å². The van der Waals surface area contributed by atoms with E-state index >= 15 is 0 Å². The minimum absolute atomic E-state index is 0.644. The first-order chi connectivity index (χ1) is 12.8. The molecule has 0 aromatic carbocycles. The van der Waals surface area contributed by atoms with E-state index < -0.39 is 0 Å². The van der Waals surface area contributed by atoms with Gasteiger partial charge in [0, 0.05) is 49.4 Å². The first-order valence-corrected chi connectivity index (χ1v) is 9.09. The number of aryl methyl sites for hydroxylation is 1. The van der Waals surface area contributed by atoms with Crippen LogP contribution in [0.15, 0.2) is 49.1 Å². The predicted octanol–water partition coefficient (Wildman–Crippen LogP) is 3.11. The van der Waals surface area contributed by atoms with Crippen LogP contribution < -0.4 is 5.32 Å². The molecule has 1 unspecified atom stereocenters. The van der Waals surface area contributed by atoms with Crippen LogP contribution in [0.3, 0.4) is 0 Å². The molecular weight excluding hydrogens is 324 g/mol. The Morgan fingerprint density at radius 2 is 2.23 bits per heavy atom. The van der Waals surface area contributed by atoms with Gasteiger partial charge in [-0.3, -0.25) is 15.0 Å². The summed E-state index contributed by atoms with van der Waals surface area (Å²) in [6.07, 6.45) is 8.67. The van der Waals surface area contributed by atoms with E-state index in [9.17, 15) is 0 Å². The average Bonchev–Trinajstić information content (AvgIpc) is 3.31. The van der Waals surface area contributed by atoms with E-state index in [1.54, 1.807) is 6.20 Å². The Balaban J connectivity index is 1.33. The van der Waals surface area contributed by atoms with Gasteiger partial charge in [-0.15, -0.1) is 0 Å². The van der Waals surface area contributed by atoms with Gasteiger partial charge in [0.1, 0.15) is 5.82 Å². The Kier molecular flexibility index (Phi) is 4.93. The van der Waals surface area contributed by atoms with Crippen LogP contribution >= 0.6 is 0 Å². The molecule has 1 aliphatic rings. The van der Waals surface area contributed by atoms with Crippen LogP contribution in [0.25, 0.3) is 11.3 Å². The first-order valence-electron chi connectivity index (χ1n) is 9.09. The molecule has 1 fully saturated rings. The van der Waals surface area contributed by atoms with Crippen molar-refractivity contribution in [2.45, 2.75) is 19.9 Å². The SMILES string of the molecule is Cc1ccnc(NCC2CCN(Cc3cn[nH]c3-c3cccnc3)C2)c1. The Morgan fingerprint density at radius 1 is 1.27 bits per heavy atom. The molecule has 1 atom stereocenters. The molecule has 6 nitrogen and oxygen atoms in total. The third-order valence-electron chi connectivity index (χ3n) is 4.92. The molecule has 0 amide bonds. The van der Waals surface area contributed by atoms with Gasteiger partial charge in [0.25, 0.3) is 0 Å². The molecular formula is C20H24N6. The largest absolute Gasteiger partial charge is 0.370 e. The molecule has 3 aromatic rings. The number of pyridine rings is 2. The van der Waals surface area contributed by atoms with Crippen molar-refractivity contribution in [1.82, 2.24) is 25.1 Å². The number of hydrogen-bond acceptors (Lipinski definition) is 5. The van der Waals surface area contributed by atoms with Gasteiger partial charge in [-0.1, -0.05) is 0 Å². The van der Waals surface area contributed by atoms with Crippen LogP contribution in [0.4, 0.5) is 5.82 Å². The minimum atomic E-state index is 0.644. The Hall–Kier alpha value is -2.73. The second-order valence-corrected chi connectivity index (χ2v) is 7.00. The van der Waals surface area contributed by atoms with Crippen molar-refractivity contribution in [2.75, 3.05) is 25.0 Å². The molecule has 0 bridgehead atoms. The van der Waals surface area contributed by atoms with Gasteiger partial charge < -0.3 is 5.32 Å². The molecule has 0 spiro atoms. The fraction of sp³-hybridized carbons (Fsp3) is 0.350. The standard InChI is InChI=1S/C20H24N6/c1-15-4-7-22-19(9-15)23-10-16-5-8-26(13-16)14-18-12-24-25-20(18)17-3-2-6-21-11-17/h2-4,6-7,9,11-12,16H,5,8,10,13-14H2,1H3,(H,22,23)(H,24,25). The van der Waals surface area contributed by atoms with Gasteiger partial charge in [0.05, 0.1) is 11.9 Å². The average molecular weight is 348 g/mol. The van der Waals surface area contributed by atoms with Gasteiger partial charge >= 0.3 is 0 Å². The maximum absolute atomic E-state index is 4.38. The maximum Gasteiger partial charge on any atom is 0.126 e. The number of nitrogens with one attached hydrogen (secondary N) is 2. The number of aromatic amines is 1. The highest BCUT2D eigenvalue weighted by Gasteiger charge is 2.23. The minimum Gasteiger partial charge on any atom is -0.370 e. The van der Waals surface area contributed by atoms with Gasteiger partial charge in [-0.25, -0.2) is 4.98 Å². The second kappa shape index (κ2) is 7.66. The monoisotopic (exact) mass is 348 g/mol. The normalized spacial score (nSPS) is 17.5. The Morgan fingerprint density at radius 3 is 3.08 bits per heavy atom. The van der Waals surface area contributed by atoms with E-state index in [0.29, 0.717) is 5.92 Å². The Labute approximate surface area is 153 Å². The number of aromatic nitrogens is 4. The molecule has 0 saturated carbocycles. The van der Waals surface area contributed by atoms with Crippen molar-refractivity contribution in [3.8, 4) is 11.3 Å². The highest BCUT2D eigenvalue weighted by molar-refractivity contribution is 5.61. The Bertz CT molecular complexity index is 844. The summed E-state index contributed by atoms with van der Waals surface area (Å²) in [4.78, 5) is 11.1. The van der Waals surface area contributed by atoms with Crippen molar-refractivity contribution in [3.63, 3.8) is 0 Å². The van der Waals surface area contributed by atoms with Gasteiger partial charge in [-0.05, 0) is 55.6 Å². The van der Waals surface area contributed by atoms with E-state index in [-0.39, 0.29) is 0 Å². The highest BCUT2D eigenvalue weighted by Crippen LogP contribution is 2.24. The van der Waals surface area contributed by atoms with Gasteiger partial charge in [-0.2, -0.15) is 5.10 Å². The van der Waals surface area contributed by atoms with Crippen LogP contribution in [-0.2, 0) is 6.54 Å². The number of likely N-dealkylation sites (tertiary alicyclic amines) is 1. The summed E-state index contributed by atoms with van der Waals surface area (Å²) >= 11 is 0. The molecule has 3 aromatic heterocycles. The number of hydrogen-bond donors (Lipinski definition) is 2. The third kappa shape index (κ3) is 3.91. The fourth-order valence-corrected chi connectivity index (χ4v) is 3.54. The number of H-pyrrole nitrogens is 1. The number of nitrogens with zero attached hydrogens (tertiary/aromatic N) is 4.